The molecule has 0 radical (unpaired) electrons. The summed E-state index contributed by atoms with van der Waals surface area (Å²) in [6.07, 6.45) is 12.1. The van der Waals surface area contributed by atoms with Crippen LogP contribution in [0.15, 0.2) is 41.3 Å². The van der Waals surface area contributed by atoms with Crippen molar-refractivity contribution in [3.63, 3.8) is 0 Å². The van der Waals surface area contributed by atoms with E-state index in [1.54, 1.807) is 6.20 Å². The summed E-state index contributed by atoms with van der Waals surface area (Å²) in [5.41, 5.74) is 3.21. The Balaban J connectivity index is 1.38. The van der Waals surface area contributed by atoms with Crippen LogP contribution in [0.25, 0.3) is 5.65 Å². The van der Waals surface area contributed by atoms with Crippen LogP contribution in [0.5, 0.6) is 0 Å². The fourth-order valence-corrected chi connectivity index (χ4v) is 6.12. The number of nitrogens with zero attached hydrogens (tertiary/aromatic N) is 5. The maximum atomic E-state index is 5.06. The monoisotopic (exact) mass is 496 g/mol. The Hall–Kier alpha value is -1.99. The van der Waals surface area contributed by atoms with Gasteiger partial charge in [-0.05, 0) is 78.0 Å². The zero-order valence-electron chi connectivity index (χ0n) is 19.0. The molecule has 2 aliphatic rings. The molecule has 3 unspecified atom stereocenters. The normalized spacial score (nSPS) is 27.0. The number of nitrogens with one attached hydrogen (secondary N) is 1. The van der Waals surface area contributed by atoms with E-state index in [0.29, 0.717) is 12.5 Å². The summed E-state index contributed by atoms with van der Waals surface area (Å²) in [5.74, 6) is 3.12. The van der Waals surface area contributed by atoms with Crippen LogP contribution in [-0.4, -0.2) is 43.6 Å². The Morgan fingerprint density at radius 3 is 2.78 bits per heavy atom. The van der Waals surface area contributed by atoms with Crippen molar-refractivity contribution in [3.05, 3.63) is 52.5 Å². The molecule has 0 aromatic carbocycles. The minimum absolute atomic E-state index is 0.460. The van der Waals surface area contributed by atoms with Gasteiger partial charge in [0.1, 0.15) is 5.82 Å². The molecule has 5 rings (SSSR count). The molecule has 0 spiro atoms. The lowest BCUT2D eigenvalue weighted by molar-refractivity contribution is 0.0829. The highest BCUT2D eigenvalue weighted by Crippen LogP contribution is 2.36. The van der Waals surface area contributed by atoms with Crippen molar-refractivity contribution in [2.75, 3.05) is 18.4 Å². The van der Waals surface area contributed by atoms with Crippen LogP contribution in [-0.2, 0) is 6.54 Å². The maximum absolute atomic E-state index is 5.06. The molecule has 7 heteroatoms. The summed E-state index contributed by atoms with van der Waals surface area (Å²) in [6, 6.07) is 7.00. The molecular weight excluding hydrogens is 464 g/mol. The summed E-state index contributed by atoms with van der Waals surface area (Å²) in [5, 5.41) is 8.11. The molecule has 170 valence electrons. The van der Waals surface area contributed by atoms with E-state index < -0.39 is 0 Å². The van der Waals surface area contributed by atoms with Gasteiger partial charge in [0.2, 0.25) is 0 Å². The van der Waals surface area contributed by atoms with E-state index in [1.807, 2.05) is 23.0 Å². The van der Waals surface area contributed by atoms with Crippen LogP contribution < -0.4 is 5.32 Å². The number of likely N-dealkylation sites (tertiary alicyclic amines) is 1. The fraction of sp³-hybridized carbons (Fsp3) is 0.560. The molecule has 1 aliphatic carbocycles. The maximum Gasteiger partial charge on any atom is 0.171 e. The highest BCUT2D eigenvalue weighted by molar-refractivity contribution is 9.10. The summed E-state index contributed by atoms with van der Waals surface area (Å²) >= 11 is 3.65. The van der Waals surface area contributed by atoms with Gasteiger partial charge in [0.25, 0.3) is 0 Å². The Morgan fingerprint density at radius 2 is 2.00 bits per heavy atom. The third kappa shape index (κ3) is 4.69. The molecule has 3 atom stereocenters. The van der Waals surface area contributed by atoms with Gasteiger partial charge in [0.05, 0.1) is 16.4 Å². The van der Waals surface area contributed by atoms with Gasteiger partial charge >= 0.3 is 0 Å². The molecule has 2 fully saturated rings. The van der Waals surface area contributed by atoms with Crippen LogP contribution in [0.4, 0.5) is 5.82 Å². The Kier molecular flexibility index (Phi) is 6.47. The van der Waals surface area contributed by atoms with Crippen LogP contribution in [0.3, 0.4) is 0 Å². The number of hydrogen-bond acceptors (Lipinski definition) is 5. The van der Waals surface area contributed by atoms with Crippen molar-refractivity contribution in [1.82, 2.24) is 24.5 Å². The van der Waals surface area contributed by atoms with Crippen molar-refractivity contribution < 1.29 is 0 Å². The fourth-order valence-electron chi connectivity index (χ4n) is 5.77. The van der Waals surface area contributed by atoms with Gasteiger partial charge in [0.15, 0.2) is 5.65 Å². The number of aromatic nitrogens is 4. The number of hydrogen-bond donors (Lipinski definition) is 1. The molecule has 6 nitrogen and oxygen atoms in total. The second-order valence-electron chi connectivity index (χ2n) is 9.91. The molecular formula is C25H33BrN6. The molecule has 0 amide bonds. The lowest BCUT2D eigenvalue weighted by Crippen LogP contribution is -2.45. The van der Waals surface area contributed by atoms with Gasteiger partial charge in [0, 0.05) is 43.5 Å². The topological polar surface area (TPSA) is 58.4 Å². The molecule has 1 N–H and O–H groups in total. The van der Waals surface area contributed by atoms with Crippen molar-refractivity contribution in [2.24, 2.45) is 11.8 Å². The molecule has 3 aromatic rings. The lowest BCUT2D eigenvalue weighted by Gasteiger charge is -2.43. The van der Waals surface area contributed by atoms with Crippen LogP contribution in [0.1, 0.15) is 63.1 Å². The van der Waals surface area contributed by atoms with Crippen molar-refractivity contribution >= 4 is 27.4 Å². The summed E-state index contributed by atoms with van der Waals surface area (Å²) in [6.45, 7) is 7.90. The summed E-state index contributed by atoms with van der Waals surface area (Å²) < 4.78 is 2.83. The van der Waals surface area contributed by atoms with Crippen LogP contribution >= 0.6 is 15.9 Å². The Bertz CT molecular complexity index is 1040. The van der Waals surface area contributed by atoms with Gasteiger partial charge in [-0.2, -0.15) is 9.61 Å². The van der Waals surface area contributed by atoms with Gasteiger partial charge in [-0.3, -0.25) is 9.88 Å². The first-order valence-corrected chi connectivity index (χ1v) is 12.8. The SMILES string of the molecule is CC1CC(C)CC(N2CCCC(c3cc(NCc4cccnc4)n4ncc(Br)c4n3)C2)C1. The van der Waals surface area contributed by atoms with Gasteiger partial charge in [-0.15, -0.1) is 0 Å². The number of halogens is 1. The van der Waals surface area contributed by atoms with Crippen molar-refractivity contribution in [3.8, 4) is 0 Å². The first kappa shape index (κ1) is 21.8. The van der Waals surface area contributed by atoms with Crippen LogP contribution in [0, 0.1) is 11.8 Å². The largest absolute Gasteiger partial charge is 0.366 e. The molecule has 1 aliphatic heterocycles. The third-order valence-corrected chi connectivity index (χ3v) is 7.75. The molecule has 4 heterocycles. The zero-order valence-corrected chi connectivity index (χ0v) is 20.6. The number of anilines is 1. The van der Waals surface area contributed by atoms with E-state index in [0.717, 1.165) is 45.9 Å². The second-order valence-corrected chi connectivity index (χ2v) is 10.8. The molecule has 1 saturated carbocycles. The predicted octanol–water partition coefficient (Wildman–Crippen LogP) is 5.50. The molecule has 0 bridgehead atoms. The first-order valence-electron chi connectivity index (χ1n) is 12.0. The van der Waals surface area contributed by atoms with E-state index >= 15 is 0 Å². The van der Waals surface area contributed by atoms with Gasteiger partial charge in [-0.25, -0.2) is 4.98 Å². The average Bonchev–Trinajstić information content (AvgIpc) is 3.18. The quantitative estimate of drug-likeness (QED) is 0.504. The highest BCUT2D eigenvalue weighted by atomic mass is 79.9. The Morgan fingerprint density at radius 1 is 1.16 bits per heavy atom. The highest BCUT2D eigenvalue weighted by Gasteiger charge is 2.32. The van der Waals surface area contributed by atoms with Crippen molar-refractivity contribution in [2.45, 2.75) is 64.5 Å². The van der Waals surface area contributed by atoms with E-state index in [2.05, 4.69) is 62.2 Å². The van der Waals surface area contributed by atoms with E-state index in [9.17, 15) is 0 Å². The van der Waals surface area contributed by atoms with Crippen LogP contribution in [0.2, 0.25) is 0 Å². The third-order valence-electron chi connectivity index (χ3n) is 7.19. The number of pyridine rings is 1. The van der Waals surface area contributed by atoms with E-state index in [1.165, 1.54) is 44.3 Å². The number of piperidine rings is 1. The minimum atomic E-state index is 0.460. The average molecular weight is 497 g/mol. The minimum Gasteiger partial charge on any atom is -0.366 e. The zero-order chi connectivity index (χ0) is 22.1. The Labute approximate surface area is 199 Å². The second kappa shape index (κ2) is 9.48. The molecule has 1 saturated heterocycles. The summed E-state index contributed by atoms with van der Waals surface area (Å²) in [4.78, 5) is 12.1. The standard InChI is InChI=1S/C25H33BrN6/c1-17-9-18(2)11-21(10-17)31-8-4-6-20(16-31)23-12-24(28-14-19-5-3-7-27-13-19)32-25(30-23)22(26)15-29-32/h3,5,7,12-13,15,17-18,20-21,28H,4,6,8-11,14,16H2,1-2H3. The number of rotatable bonds is 5. The van der Waals surface area contributed by atoms with E-state index in [4.69, 9.17) is 4.98 Å². The molecule has 3 aromatic heterocycles. The smallest absolute Gasteiger partial charge is 0.171 e. The summed E-state index contributed by atoms with van der Waals surface area (Å²) in [7, 11) is 0. The first-order chi connectivity index (χ1) is 15.6. The molecule has 32 heavy (non-hydrogen) atoms. The number of fused-ring (bicyclic) bond motifs is 1. The van der Waals surface area contributed by atoms with Crippen molar-refractivity contribution in [1.29, 1.82) is 0 Å². The van der Waals surface area contributed by atoms with Gasteiger partial charge < -0.3 is 5.32 Å². The lowest BCUT2D eigenvalue weighted by atomic mass is 9.79. The van der Waals surface area contributed by atoms with Gasteiger partial charge in [-0.1, -0.05) is 19.9 Å². The van der Waals surface area contributed by atoms with E-state index in [-0.39, 0.29) is 0 Å². The predicted molar refractivity (Wildman–Crippen MR) is 132 cm³/mol.